The average Bonchev–Trinajstić information content (AvgIpc) is 3.35. The first-order chi connectivity index (χ1) is 14.3. The number of halogens is 1. The molecular weight excluding hydrogens is 408 g/mol. The van der Waals surface area contributed by atoms with Crippen molar-refractivity contribution in [2.75, 3.05) is 19.7 Å². The number of rotatable bonds is 6. The SMILES string of the molecule is Cl.O=c1[nH]c2cc3cc(OCCCc4nnnn4C4CCNCC4)ccc3nc2[nH]1. The van der Waals surface area contributed by atoms with Gasteiger partial charge in [0, 0.05) is 11.8 Å². The van der Waals surface area contributed by atoms with Crippen LogP contribution in [0.3, 0.4) is 0 Å². The molecule has 0 atom stereocenters. The Labute approximate surface area is 177 Å². The highest BCUT2D eigenvalue weighted by Gasteiger charge is 2.19. The van der Waals surface area contributed by atoms with Crippen molar-refractivity contribution in [2.45, 2.75) is 31.7 Å². The number of imidazole rings is 1. The summed E-state index contributed by atoms with van der Waals surface area (Å²) >= 11 is 0. The number of nitrogens with one attached hydrogen (secondary N) is 3. The van der Waals surface area contributed by atoms with Gasteiger partial charge >= 0.3 is 5.69 Å². The minimum absolute atomic E-state index is 0. The molecule has 4 aromatic rings. The minimum Gasteiger partial charge on any atom is -0.494 e. The van der Waals surface area contributed by atoms with Crippen LogP contribution in [0.1, 0.15) is 31.1 Å². The lowest BCUT2D eigenvalue weighted by molar-refractivity contribution is 0.301. The second-order valence-electron chi connectivity index (χ2n) is 7.29. The zero-order chi connectivity index (χ0) is 19.6. The van der Waals surface area contributed by atoms with Crippen LogP contribution in [0.4, 0.5) is 0 Å². The third kappa shape index (κ3) is 4.14. The number of aromatic nitrogens is 7. The summed E-state index contributed by atoms with van der Waals surface area (Å²) in [5.41, 5.74) is 1.79. The summed E-state index contributed by atoms with van der Waals surface area (Å²) in [5.74, 6) is 1.69. The van der Waals surface area contributed by atoms with Crippen LogP contribution in [0.5, 0.6) is 5.75 Å². The van der Waals surface area contributed by atoms with Crippen LogP contribution >= 0.6 is 12.4 Å². The fourth-order valence-electron chi connectivity index (χ4n) is 3.83. The van der Waals surface area contributed by atoms with Crippen LogP contribution in [0, 0.1) is 0 Å². The van der Waals surface area contributed by atoms with Crippen LogP contribution < -0.4 is 15.7 Å². The zero-order valence-corrected chi connectivity index (χ0v) is 17.1. The molecule has 0 unspecified atom stereocenters. The second kappa shape index (κ2) is 8.80. The van der Waals surface area contributed by atoms with Gasteiger partial charge in [0.2, 0.25) is 0 Å². The van der Waals surface area contributed by atoms with Crippen LogP contribution in [0.25, 0.3) is 22.1 Å². The zero-order valence-electron chi connectivity index (χ0n) is 16.3. The van der Waals surface area contributed by atoms with E-state index in [1.54, 1.807) is 0 Å². The number of hydrogen-bond acceptors (Lipinski definition) is 7. The summed E-state index contributed by atoms with van der Waals surface area (Å²) in [4.78, 5) is 21.3. The van der Waals surface area contributed by atoms with Crippen molar-refractivity contribution in [3.05, 3.63) is 40.6 Å². The smallest absolute Gasteiger partial charge is 0.325 e. The maximum atomic E-state index is 11.4. The number of nitrogens with zero attached hydrogens (tertiary/aromatic N) is 5. The van der Waals surface area contributed by atoms with Gasteiger partial charge in [0.05, 0.1) is 23.7 Å². The topological polar surface area (TPSA) is 126 Å². The molecule has 0 bridgehead atoms. The van der Waals surface area contributed by atoms with E-state index in [2.05, 4.69) is 35.8 Å². The van der Waals surface area contributed by atoms with Crippen molar-refractivity contribution in [2.24, 2.45) is 0 Å². The quantitative estimate of drug-likeness (QED) is 0.398. The first-order valence-electron chi connectivity index (χ1n) is 9.89. The Kier molecular flexibility index (Phi) is 5.96. The molecule has 0 spiro atoms. The lowest BCUT2D eigenvalue weighted by atomic mass is 10.1. The second-order valence-corrected chi connectivity index (χ2v) is 7.29. The van der Waals surface area contributed by atoms with Crippen molar-refractivity contribution < 1.29 is 4.74 Å². The predicted octanol–water partition coefficient (Wildman–Crippen LogP) is 1.75. The van der Waals surface area contributed by atoms with E-state index in [1.165, 1.54) is 0 Å². The maximum absolute atomic E-state index is 11.4. The number of benzene rings is 1. The minimum atomic E-state index is -0.258. The summed E-state index contributed by atoms with van der Waals surface area (Å²) in [7, 11) is 0. The van der Waals surface area contributed by atoms with Crippen molar-refractivity contribution in [1.29, 1.82) is 0 Å². The highest BCUT2D eigenvalue weighted by atomic mass is 35.5. The molecule has 11 heteroatoms. The van der Waals surface area contributed by atoms with E-state index in [-0.39, 0.29) is 18.1 Å². The van der Waals surface area contributed by atoms with Gasteiger partial charge in [0.25, 0.3) is 0 Å². The van der Waals surface area contributed by atoms with Crippen molar-refractivity contribution in [1.82, 2.24) is 40.5 Å². The van der Waals surface area contributed by atoms with Crippen LogP contribution in [0.15, 0.2) is 29.1 Å². The first-order valence-corrected chi connectivity index (χ1v) is 9.89. The molecule has 3 N–H and O–H groups in total. The Morgan fingerprint density at radius 2 is 2.03 bits per heavy atom. The number of H-pyrrole nitrogens is 2. The lowest BCUT2D eigenvalue weighted by Gasteiger charge is -2.23. The molecule has 0 saturated carbocycles. The summed E-state index contributed by atoms with van der Waals surface area (Å²) in [6.07, 6.45) is 3.71. The van der Waals surface area contributed by atoms with Crippen LogP contribution in [0.2, 0.25) is 0 Å². The van der Waals surface area contributed by atoms with E-state index in [0.717, 1.165) is 61.2 Å². The number of pyridine rings is 1. The van der Waals surface area contributed by atoms with E-state index in [4.69, 9.17) is 4.74 Å². The molecule has 158 valence electrons. The van der Waals surface area contributed by atoms with E-state index in [1.807, 2.05) is 28.9 Å². The van der Waals surface area contributed by atoms with Crippen molar-refractivity contribution >= 4 is 34.5 Å². The highest BCUT2D eigenvalue weighted by Crippen LogP contribution is 2.22. The summed E-state index contributed by atoms with van der Waals surface area (Å²) in [6.45, 7) is 2.58. The number of fused-ring (bicyclic) bond motifs is 2. The van der Waals surface area contributed by atoms with Gasteiger partial charge in [-0.3, -0.25) is 4.98 Å². The van der Waals surface area contributed by atoms with Crippen LogP contribution in [-0.2, 0) is 6.42 Å². The third-order valence-corrected chi connectivity index (χ3v) is 5.30. The molecule has 1 aliphatic rings. The molecule has 1 aliphatic heterocycles. The van der Waals surface area contributed by atoms with Crippen LogP contribution in [-0.4, -0.2) is 54.9 Å². The van der Waals surface area contributed by atoms with Gasteiger partial charge in [-0.15, -0.1) is 17.5 Å². The summed E-state index contributed by atoms with van der Waals surface area (Å²) < 4.78 is 7.90. The molecule has 1 aromatic carbocycles. The Morgan fingerprint density at radius 1 is 1.17 bits per heavy atom. The number of ether oxygens (including phenoxy) is 1. The fraction of sp³-hybridized carbons (Fsp3) is 0.421. The molecule has 5 rings (SSSR count). The third-order valence-electron chi connectivity index (χ3n) is 5.30. The molecule has 1 fully saturated rings. The molecule has 0 radical (unpaired) electrons. The molecule has 3 aromatic heterocycles. The molecular formula is C19H23ClN8O2. The number of aromatic amines is 2. The monoisotopic (exact) mass is 430 g/mol. The van der Waals surface area contributed by atoms with Gasteiger partial charge in [-0.25, -0.2) is 14.5 Å². The molecule has 30 heavy (non-hydrogen) atoms. The molecule has 4 heterocycles. The average molecular weight is 431 g/mol. The Balaban J connectivity index is 0.00000218. The van der Waals surface area contributed by atoms with E-state index >= 15 is 0 Å². The van der Waals surface area contributed by atoms with E-state index in [0.29, 0.717) is 23.8 Å². The molecule has 0 aliphatic carbocycles. The van der Waals surface area contributed by atoms with Gasteiger partial charge in [0.15, 0.2) is 11.5 Å². The van der Waals surface area contributed by atoms with E-state index < -0.39 is 0 Å². The van der Waals surface area contributed by atoms with Crippen molar-refractivity contribution in [3.63, 3.8) is 0 Å². The van der Waals surface area contributed by atoms with Gasteiger partial charge in [0.1, 0.15) is 5.75 Å². The lowest BCUT2D eigenvalue weighted by Crippen LogP contribution is -2.30. The standard InChI is InChI=1S/C19H22N8O2.ClH/c28-19-22-16-11-12-10-14(3-4-15(12)21-18(16)23-19)29-9-1-2-17-24-25-26-27(17)13-5-7-20-8-6-13;/h3-4,10-11,13,20H,1-2,5-9H2,(H2,21,22,23,28);1H. The largest absolute Gasteiger partial charge is 0.494 e. The normalized spacial score (nSPS) is 14.8. The highest BCUT2D eigenvalue weighted by molar-refractivity contribution is 5.89. The predicted molar refractivity (Wildman–Crippen MR) is 114 cm³/mol. The van der Waals surface area contributed by atoms with Crippen molar-refractivity contribution in [3.8, 4) is 5.75 Å². The Hall–Kier alpha value is -2.98. The maximum Gasteiger partial charge on any atom is 0.325 e. The summed E-state index contributed by atoms with van der Waals surface area (Å²) in [5, 5.41) is 16.5. The van der Waals surface area contributed by atoms with Gasteiger partial charge < -0.3 is 15.0 Å². The van der Waals surface area contributed by atoms with Gasteiger partial charge in [-0.2, -0.15) is 0 Å². The molecule has 10 nitrogen and oxygen atoms in total. The number of aryl methyl sites for hydroxylation is 1. The number of tetrazole rings is 1. The first kappa shape index (κ1) is 20.3. The van der Waals surface area contributed by atoms with Gasteiger partial charge in [-0.05, 0) is 67.0 Å². The van der Waals surface area contributed by atoms with Gasteiger partial charge in [-0.1, -0.05) is 0 Å². The molecule has 0 amide bonds. The number of hydrogen-bond donors (Lipinski definition) is 3. The fourth-order valence-corrected chi connectivity index (χ4v) is 3.83. The molecule has 1 saturated heterocycles. The number of piperidine rings is 1. The Bertz CT molecular complexity index is 1190. The summed E-state index contributed by atoms with van der Waals surface area (Å²) in [6, 6.07) is 8.01. The van der Waals surface area contributed by atoms with E-state index in [9.17, 15) is 4.79 Å². The Morgan fingerprint density at radius 3 is 2.90 bits per heavy atom.